The Hall–Kier alpha value is -0.120. The molecule has 1 saturated heterocycles. The Bertz CT molecular complexity index is 310. The van der Waals surface area contributed by atoms with E-state index < -0.39 is 0 Å². The predicted octanol–water partition coefficient (Wildman–Crippen LogP) is 3.31. The molecule has 0 aromatic carbocycles. The molecule has 3 nitrogen and oxygen atoms in total. The van der Waals surface area contributed by atoms with Crippen molar-refractivity contribution in [2.45, 2.75) is 72.0 Å². The fraction of sp³-hybridized carbons (Fsp3) is 1.00. The lowest BCUT2D eigenvalue weighted by atomic mass is 9.71. The minimum atomic E-state index is -0.334. The van der Waals surface area contributed by atoms with Crippen molar-refractivity contribution in [1.29, 1.82) is 0 Å². The maximum Gasteiger partial charge on any atom is 0.0900 e. The maximum atomic E-state index is 10.2. The van der Waals surface area contributed by atoms with Crippen molar-refractivity contribution in [3.63, 3.8) is 0 Å². The smallest absolute Gasteiger partial charge is 0.0900 e. The average molecular weight is 297 g/mol. The molecule has 1 N–H and O–H groups in total. The van der Waals surface area contributed by atoms with Crippen molar-refractivity contribution in [2.24, 2.45) is 17.3 Å². The van der Waals surface area contributed by atoms with Gasteiger partial charge in [-0.25, -0.2) is 0 Å². The number of likely N-dealkylation sites (tertiary alicyclic amines) is 1. The van der Waals surface area contributed by atoms with Crippen LogP contribution in [-0.4, -0.2) is 48.5 Å². The minimum Gasteiger partial charge on any atom is -0.389 e. The van der Waals surface area contributed by atoms with Gasteiger partial charge in [-0.15, -0.1) is 0 Å². The van der Waals surface area contributed by atoms with Crippen molar-refractivity contribution in [3.05, 3.63) is 0 Å². The molecule has 3 atom stereocenters. The number of β-amino-alcohol motifs (C(OH)–C–C–N with tert-alkyl or cyclic N) is 1. The normalized spacial score (nSPS) is 33.0. The Morgan fingerprint density at radius 1 is 1.14 bits per heavy atom. The van der Waals surface area contributed by atoms with Crippen LogP contribution in [0.4, 0.5) is 0 Å². The molecule has 0 spiro atoms. The summed E-state index contributed by atoms with van der Waals surface area (Å²) in [6.45, 7) is 12.9. The lowest BCUT2D eigenvalue weighted by Crippen LogP contribution is -2.41. The second kappa shape index (κ2) is 7.43. The molecule has 3 heteroatoms. The third-order valence-corrected chi connectivity index (χ3v) is 5.22. The number of hydrogen-bond donors (Lipinski definition) is 1. The van der Waals surface area contributed by atoms with E-state index in [0.29, 0.717) is 18.1 Å². The molecule has 1 aliphatic heterocycles. The van der Waals surface area contributed by atoms with E-state index in [1.54, 1.807) is 0 Å². The third-order valence-electron chi connectivity index (χ3n) is 5.22. The van der Waals surface area contributed by atoms with Gasteiger partial charge in [0.1, 0.15) is 0 Å². The molecule has 0 bridgehead atoms. The van der Waals surface area contributed by atoms with Crippen LogP contribution in [0.15, 0.2) is 0 Å². The Morgan fingerprint density at radius 3 is 2.43 bits per heavy atom. The topological polar surface area (TPSA) is 32.7 Å². The number of hydrogen-bond acceptors (Lipinski definition) is 3. The summed E-state index contributed by atoms with van der Waals surface area (Å²) in [6, 6.07) is 0. The van der Waals surface area contributed by atoms with Crippen LogP contribution in [0.5, 0.6) is 0 Å². The van der Waals surface area contributed by atoms with Gasteiger partial charge in [0.2, 0.25) is 0 Å². The molecule has 0 aromatic heterocycles. The number of aliphatic hydroxyl groups is 1. The quantitative estimate of drug-likeness (QED) is 0.845. The van der Waals surface area contributed by atoms with Gasteiger partial charge >= 0.3 is 0 Å². The lowest BCUT2D eigenvalue weighted by molar-refractivity contribution is -0.0626. The zero-order chi connectivity index (χ0) is 15.5. The van der Waals surface area contributed by atoms with Crippen molar-refractivity contribution >= 4 is 0 Å². The first kappa shape index (κ1) is 17.2. The van der Waals surface area contributed by atoms with Crippen LogP contribution in [-0.2, 0) is 4.74 Å². The minimum absolute atomic E-state index is 0.333. The van der Waals surface area contributed by atoms with E-state index in [0.717, 1.165) is 44.3 Å². The van der Waals surface area contributed by atoms with E-state index in [-0.39, 0.29) is 6.10 Å². The number of rotatable bonds is 5. The van der Waals surface area contributed by atoms with E-state index in [9.17, 15) is 5.11 Å². The van der Waals surface area contributed by atoms with E-state index in [1.165, 1.54) is 19.3 Å². The van der Waals surface area contributed by atoms with E-state index >= 15 is 0 Å². The predicted molar refractivity (Wildman–Crippen MR) is 87.4 cm³/mol. The highest BCUT2D eigenvalue weighted by Gasteiger charge is 2.32. The van der Waals surface area contributed by atoms with Gasteiger partial charge < -0.3 is 14.7 Å². The molecule has 2 rings (SSSR count). The zero-order valence-corrected chi connectivity index (χ0v) is 14.5. The molecular formula is C18H35NO2. The molecule has 124 valence electrons. The van der Waals surface area contributed by atoms with Crippen molar-refractivity contribution in [1.82, 2.24) is 4.90 Å². The van der Waals surface area contributed by atoms with Gasteiger partial charge in [-0.3, -0.25) is 0 Å². The molecule has 1 aliphatic carbocycles. The molecule has 0 radical (unpaired) electrons. The number of ether oxygens (including phenoxy) is 1. The summed E-state index contributed by atoms with van der Waals surface area (Å²) in [6.07, 6.45) is 6.10. The second-order valence-corrected chi connectivity index (χ2v) is 8.51. The Labute approximate surface area is 131 Å². The summed E-state index contributed by atoms with van der Waals surface area (Å²) >= 11 is 0. The summed E-state index contributed by atoms with van der Waals surface area (Å²) in [7, 11) is 0. The first-order valence-electron chi connectivity index (χ1n) is 8.86. The molecular weight excluding hydrogens is 262 g/mol. The summed E-state index contributed by atoms with van der Waals surface area (Å²) < 4.78 is 6.04. The Morgan fingerprint density at radius 2 is 1.81 bits per heavy atom. The van der Waals surface area contributed by atoms with Crippen LogP contribution in [0.2, 0.25) is 0 Å². The molecule has 2 fully saturated rings. The van der Waals surface area contributed by atoms with Crippen LogP contribution in [0, 0.1) is 17.3 Å². The number of aliphatic hydroxyl groups excluding tert-OH is 1. The SMILES string of the molecule is CC1CCN(C[C@H](O)CO[C@@H]2C[C@@H](C)CC(C)(C)C2)CC1. The van der Waals surface area contributed by atoms with Crippen LogP contribution in [0.1, 0.15) is 59.8 Å². The van der Waals surface area contributed by atoms with Gasteiger partial charge in [0.15, 0.2) is 0 Å². The van der Waals surface area contributed by atoms with Crippen molar-refractivity contribution in [2.75, 3.05) is 26.2 Å². The summed E-state index contributed by atoms with van der Waals surface area (Å²) in [5.41, 5.74) is 0.385. The molecule has 21 heavy (non-hydrogen) atoms. The van der Waals surface area contributed by atoms with Gasteiger partial charge in [-0.1, -0.05) is 27.7 Å². The monoisotopic (exact) mass is 297 g/mol. The fourth-order valence-corrected chi connectivity index (χ4v) is 4.23. The van der Waals surface area contributed by atoms with Gasteiger partial charge in [0, 0.05) is 6.54 Å². The molecule has 0 unspecified atom stereocenters. The van der Waals surface area contributed by atoms with Gasteiger partial charge in [0.25, 0.3) is 0 Å². The molecule has 0 aromatic rings. The van der Waals surface area contributed by atoms with Gasteiger partial charge in [-0.05, 0) is 62.4 Å². The van der Waals surface area contributed by atoms with Crippen LogP contribution in [0.3, 0.4) is 0 Å². The standard InChI is InChI=1S/C18H35NO2/c1-14-5-7-19(8-6-14)12-16(20)13-21-17-9-15(2)10-18(3,4)11-17/h14-17,20H,5-13H2,1-4H3/t15-,16+,17-/m1/s1. The number of nitrogens with zero attached hydrogens (tertiary/aromatic N) is 1. The summed E-state index contributed by atoms with van der Waals surface area (Å²) in [4.78, 5) is 2.39. The van der Waals surface area contributed by atoms with E-state index in [2.05, 4.69) is 32.6 Å². The van der Waals surface area contributed by atoms with E-state index in [4.69, 9.17) is 4.74 Å². The maximum absolute atomic E-state index is 10.2. The van der Waals surface area contributed by atoms with Gasteiger partial charge in [-0.2, -0.15) is 0 Å². The van der Waals surface area contributed by atoms with Crippen LogP contribution >= 0.6 is 0 Å². The Balaban J connectivity index is 1.67. The molecule has 1 saturated carbocycles. The fourth-order valence-electron chi connectivity index (χ4n) is 4.23. The highest BCUT2D eigenvalue weighted by molar-refractivity contribution is 4.83. The average Bonchev–Trinajstić information content (AvgIpc) is 2.37. The zero-order valence-electron chi connectivity index (χ0n) is 14.5. The van der Waals surface area contributed by atoms with Crippen LogP contribution < -0.4 is 0 Å². The summed E-state index contributed by atoms with van der Waals surface area (Å²) in [5, 5.41) is 10.2. The summed E-state index contributed by atoms with van der Waals surface area (Å²) in [5.74, 6) is 1.58. The van der Waals surface area contributed by atoms with Gasteiger partial charge in [0.05, 0.1) is 18.8 Å². The van der Waals surface area contributed by atoms with Crippen molar-refractivity contribution in [3.8, 4) is 0 Å². The molecule has 1 heterocycles. The number of piperidine rings is 1. The van der Waals surface area contributed by atoms with E-state index in [1.807, 2.05) is 0 Å². The highest BCUT2D eigenvalue weighted by Crippen LogP contribution is 2.39. The van der Waals surface area contributed by atoms with Crippen molar-refractivity contribution < 1.29 is 9.84 Å². The highest BCUT2D eigenvalue weighted by atomic mass is 16.5. The molecule has 0 amide bonds. The first-order chi connectivity index (χ1) is 9.84. The second-order valence-electron chi connectivity index (χ2n) is 8.51. The van der Waals surface area contributed by atoms with Crippen LogP contribution in [0.25, 0.3) is 0 Å². The first-order valence-corrected chi connectivity index (χ1v) is 8.86. The largest absolute Gasteiger partial charge is 0.389 e. The third kappa shape index (κ3) is 5.88. The lowest BCUT2D eigenvalue weighted by Gasteiger charge is -2.39. The Kier molecular flexibility index (Phi) is 6.10. The molecule has 2 aliphatic rings.